The largest absolute Gasteiger partial charge is 0.326 e. The molecule has 1 aliphatic heterocycles. The standard InChI is InChI=1S/C16H13BrN2O2/c1-9-2-5-12(17)14(6-9)19-16(21)11-4-3-10-8-15(20)18-13(10)7-11/h2-7H,8H2,1H3,(H,18,20)(H,19,21). The van der Waals surface area contributed by atoms with E-state index in [-0.39, 0.29) is 11.8 Å². The number of amides is 2. The highest BCUT2D eigenvalue weighted by atomic mass is 79.9. The summed E-state index contributed by atoms with van der Waals surface area (Å²) in [5.41, 5.74) is 3.95. The molecule has 0 bridgehead atoms. The van der Waals surface area contributed by atoms with Crippen LogP contribution >= 0.6 is 15.9 Å². The highest BCUT2D eigenvalue weighted by Gasteiger charge is 2.19. The van der Waals surface area contributed by atoms with Gasteiger partial charge in [0.1, 0.15) is 0 Å². The maximum Gasteiger partial charge on any atom is 0.255 e. The molecule has 0 unspecified atom stereocenters. The molecule has 0 aromatic heterocycles. The molecule has 1 heterocycles. The first kappa shape index (κ1) is 13.8. The summed E-state index contributed by atoms with van der Waals surface area (Å²) in [7, 11) is 0. The number of rotatable bonds is 2. The van der Waals surface area contributed by atoms with Crippen molar-refractivity contribution < 1.29 is 9.59 Å². The maximum absolute atomic E-state index is 12.3. The van der Waals surface area contributed by atoms with Crippen molar-refractivity contribution in [2.24, 2.45) is 0 Å². The van der Waals surface area contributed by atoms with Crippen LogP contribution in [0.5, 0.6) is 0 Å². The number of fused-ring (bicyclic) bond motifs is 1. The second kappa shape index (κ2) is 5.33. The fourth-order valence-corrected chi connectivity index (χ4v) is 2.63. The zero-order valence-electron chi connectivity index (χ0n) is 11.4. The van der Waals surface area contributed by atoms with Crippen molar-refractivity contribution in [3.8, 4) is 0 Å². The summed E-state index contributed by atoms with van der Waals surface area (Å²) < 4.78 is 0.830. The lowest BCUT2D eigenvalue weighted by molar-refractivity contribution is -0.115. The van der Waals surface area contributed by atoms with E-state index in [0.29, 0.717) is 12.0 Å². The normalized spacial score (nSPS) is 12.8. The van der Waals surface area contributed by atoms with Crippen molar-refractivity contribution in [1.29, 1.82) is 0 Å². The molecule has 0 aliphatic carbocycles. The fraction of sp³-hybridized carbons (Fsp3) is 0.125. The molecule has 0 atom stereocenters. The smallest absolute Gasteiger partial charge is 0.255 e. The van der Waals surface area contributed by atoms with Crippen LogP contribution in [0.1, 0.15) is 21.5 Å². The van der Waals surface area contributed by atoms with E-state index in [4.69, 9.17) is 0 Å². The van der Waals surface area contributed by atoms with Gasteiger partial charge in [-0.05, 0) is 58.2 Å². The van der Waals surface area contributed by atoms with Crippen molar-refractivity contribution in [2.45, 2.75) is 13.3 Å². The van der Waals surface area contributed by atoms with Gasteiger partial charge >= 0.3 is 0 Å². The summed E-state index contributed by atoms with van der Waals surface area (Å²) in [5, 5.41) is 5.62. The molecule has 3 rings (SSSR count). The minimum Gasteiger partial charge on any atom is -0.326 e. The number of carbonyl (C=O) groups excluding carboxylic acids is 2. The lowest BCUT2D eigenvalue weighted by Gasteiger charge is -2.09. The summed E-state index contributed by atoms with van der Waals surface area (Å²) in [4.78, 5) is 23.7. The second-order valence-corrected chi connectivity index (χ2v) is 5.89. The van der Waals surface area contributed by atoms with Gasteiger partial charge in [-0.1, -0.05) is 12.1 Å². The summed E-state index contributed by atoms with van der Waals surface area (Å²) in [6.45, 7) is 1.97. The first-order valence-electron chi connectivity index (χ1n) is 6.53. The van der Waals surface area contributed by atoms with E-state index < -0.39 is 0 Å². The predicted molar refractivity (Wildman–Crippen MR) is 85.6 cm³/mol. The SMILES string of the molecule is Cc1ccc(Br)c(NC(=O)c2ccc3c(c2)NC(=O)C3)c1. The second-order valence-electron chi connectivity index (χ2n) is 5.03. The number of nitrogens with one attached hydrogen (secondary N) is 2. The van der Waals surface area contributed by atoms with E-state index in [1.54, 1.807) is 12.1 Å². The summed E-state index contributed by atoms with van der Waals surface area (Å²) in [5.74, 6) is -0.241. The number of aryl methyl sites for hydroxylation is 1. The number of benzene rings is 2. The van der Waals surface area contributed by atoms with Crippen LogP contribution in [0.2, 0.25) is 0 Å². The third-order valence-corrected chi connectivity index (χ3v) is 4.06. The topological polar surface area (TPSA) is 58.2 Å². The van der Waals surface area contributed by atoms with Gasteiger partial charge in [0.2, 0.25) is 5.91 Å². The number of anilines is 2. The lowest BCUT2D eigenvalue weighted by Crippen LogP contribution is -2.12. The molecule has 2 aromatic rings. The Morgan fingerprint density at radius 1 is 1.24 bits per heavy atom. The Balaban J connectivity index is 1.85. The third kappa shape index (κ3) is 2.83. The van der Waals surface area contributed by atoms with Crippen molar-refractivity contribution in [3.63, 3.8) is 0 Å². The summed E-state index contributed by atoms with van der Waals surface area (Å²) in [6.07, 6.45) is 0.376. The van der Waals surface area contributed by atoms with Gasteiger partial charge in [-0.2, -0.15) is 0 Å². The Labute approximate surface area is 130 Å². The molecule has 106 valence electrons. The lowest BCUT2D eigenvalue weighted by atomic mass is 10.1. The molecule has 2 N–H and O–H groups in total. The number of carbonyl (C=O) groups is 2. The molecular formula is C16H13BrN2O2. The highest BCUT2D eigenvalue weighted by molar-refractivity contribution is 9.10. The Morgan fingerprint density at radius 3 is 2.86 bits per heavy atom. The Hall–Kier alpha value is -2.14. The Morgan fingerprint density at radius 2 is 2.05 bits per heavy atom. The minimum absolute atomic E-state index is 0.0380. The van der Waals surface area contributed by atoms with Crippen LogP contribution in [0, 0.1) is 6.92 Å². The van der Waals surface area contributed by atoms with E-state index >= 15 is 0 Å². The molecule has 5 heteroatoms. The highest BCUT2D eigenvalue weighted by Crippen LogP contribution is 2.26. The third-order valence-electron chi connectivity index (χ3n) is 3.37. The van der Waals surface area contributed by atoms with Crippen LogP contribution < -0.4 is 10.6 Å². The van der Waals surface area contributed by atoms with Crippen molar-refractivity contribution in [1.82, 2.24) is 0 Å². The van der Waals surface area contributed by atoms with Crippen LogP contribution in [0.15, 0.2) is 40.9 Å². The van der Waals surface area contributed by atoms with Crippen LogP contribution in [-0.2, 0) is 11.2 Å². The molecule has 0 spiro atoms. The molecule has 4 nitrogen and oxygen atoms in total. The van der Waals surface area contributed by atoms with Crippen molar-refractivity contribution in [3.05, 3.63) is 57.6 Å². The van der Waals surface area contributed by atoms with Gasteiger partial charge in [-0.15, -0.1) is 0 Å². The van der Waals surface area contributed by atoms with Gasteiger partial charge in [0, 0.05) is 15.7 Å². The first-order valence-corrected chi connectivity index (χ1v) is 7.32. The molecule has 0 fully saturated rings. The summed E-state index contributed by atoms with van der Waals surface area (Å²) >= 11 is 3.42. The predicted octanol–water partition coefficient (Wildman–Crippen LogP) is 3.50. The molecular weight excluding hydrogens is 332 g/mol. The molecule has 0 saturated heterocycles. The van der Waals surface area contributed by atoms with E-state index in [0.717, 1.165) is 27.0 Å². The van der Waals surface area contributed by atoms with Gasteiger partial charge in [0.05, 0.1) is 12.1 Å². The number of hydrogen-bond donors (Lipinski definition) is 2. The maximum atomic E-state index is 12.3. The minimum atomic E-state index is -0.203. The van der Waals surface area contributed by atoms with E-state index in [2.05, 4.69) is 26.6 Å². The zero-order chi connectivity index (χ0) is 15.0. The monoisotopic (exact) mass is 344 g/mol. The molecule has 1 aliphatic rings. The van der Waals surface area contributed by atoms with Crippen LogP contribution in [0.4, 0.5) is 11.4 Å². The number of hydrogen-bond acceptors (Lipinski definition) is 2. The molecule has 0 radical (unpaired) electrons. The van der Waals surface area contributed by atoms with Gasteiger partial charge in [0.25, 0.3) is 5.91 Å². The Kier molecular flexibility index (Phi) is 3.51. The average molecular weight is 345 g/mol. The fourth-order valence-electron chi connectivity index (χ4n) is 2.28. The first-order chi connectivity index (χ1) is 10.0. The van der Waals surface area contributed by atoms with E-state index in [1.165, 1.54) is 0 Å². The quantitative estimate of drug-likeness (QED) is 0.875. The van der Waals surface area contributed by atoms with Crippen molar-refractivity contribution in [2.75, 3.05) is 10.6 Å². The van der Waals surface area contributed by atoms with Gasteiger partial charge in [-0.3, -0.25) is 9.59 Å². The van der Waals surface area contributed by atoms with Crippen LogP contribution in [0.25, 0.3) is 0 Å². The molecule has 21 heavy (non-hydrogen) atoms. The molecule has 0 saturated carbocycles. The van der Waals surface area contributed by atoms with Gasteiger partial charge in [0.15, 0.2) is 0 Å². The van der Waals surface area contributed by atoms with E-state index in [9.17, 15) is 9.59 Å². The van der Waals surface area contributed by atoms with Gasteiger partial charge in [-0.25, -0.2) is 0 Å². The zero-order valence-corrected chi connectivity index (χ0v) is 13.0. The van der Waals surface area contributed by atoms with Crippen LogP contribution in [-0.4, -0.2) is 11.8 Å². The van der Waals surface area contributed by atoms with Crippen LogP contribution in [0.3, 0.4) is 0 Å². The Bertz CT molecular complexity index is 756. The van der Waals surface area contributed by atoms with E-state index in [1.807, 2.05) is 31.2 Å². The number of halogens is 1. The van der Waals surface area contributed by atoms with Crippen molar-refractivity contribution >= 4 is 39.1 Å². The molecule has 2 amide bonds. The van der Waals surface area contributed by atoms with Gasteiger partial charge < -0.3 is 10.6 Å². The summed E-state index contributed by atoms with van der Waals surface area (Å²) in [6, 6.07) is 11.0. The average Bonchev–Trinajstić information content (AvgIpc) is 2.81. The molecule has 2 aromatic carbocycles.